The van der Waals surface area contributed by atoms with E-state index in [9.17, 15) is 4.79 Å². The van der Waals surface area contributed by atoms with Gasteiger partial charge in [-0.1, -0.05) is 19.9 Å². The molecule has 0 aliphatic rings. The Morgan fingerprint density at radius 3 is 2.42 bits per heavy atom. The maximum atomic E-state index is 12.3. The Hall–Kier alpha value is -1.46. The predicted octanol–water partition coefficient (Wildman–Crippen LogP) is 2.76. The highest BCUT2D eigenvalue weighted by Crippen LogP contribution is 2.27. The van der Waals surface area contributed by atoms with Crippen LogP contribution in [-0.4, -0.2) is 51.7 Å². The number of hydrogen-bond acceptors (Lipinski definition) is 4. The van der Waals surface area contributed by atoms with E-state index >= 15 is 0 Å². The number of carbonyl (C=O) groups excluding carboxylic acids is 1. The van der Waals surface area contributed by atoms with Gasteiger partial charge in [0.2, 0.25) is 5.91 Å². The zero-order valence-corrected chi connectivity index (χ0v) is 16.2. The van der Waals surface area contributed by atoms with E-state index in [-0.39, 0.29) is 18.3 Å². The molecule has 0 aliphatic carbocycles. The van der Waals surface area contributed by atoms with E-state index in [0.29, 0.717) is 18.9 Å². The van der Waals surface area contributed by atoms with Gasteiger partial charge in [-0.25, -0.2) is 0 Å². The quantitative estimate of drug-likeness (QED) is 0.698. The molecular weight excluding hydrogens is 328 g/mol. The highest BCUT2D eigenvalue weighted by atomic mass is 35.5. The van der Waals surface area contributed by atoms with Gasteiger partial charge in [-0.2, -0.15) is 0 Å². The lowest BCUT2D eigenvalue weighted by Crippen LogP contribution is -2.37. The Labute approximate surface area is 152 Å². The number of benzene rings is 1. The second-order valence-electron chi connectivity index (χ2n) is 6.03. The van der Waals surface area contributed by atoms with Crippen LogP contribution in [0.15, 0.2) is 18.2 Å². The van der Waals surface area contributed by atoms with Crippen LogP contribution in [0.4, 0.5) is 0 Å². The molecule has 1 rings (SSSR count). The number of amides is 1. The van der Waals surface area contributed by atoms with E-state index in [1.807, 2.05) is 30.1 Å². The molecule has 0 aromatic heterocycles. The Balaban J connectivity index is 0.00000529. The summed E-state index contributed by atoms with van der Waals surface area (Å²) in [5.41, 5.74) is 1.14. The van der Waals surface area contributed by atoms with E-state index in [2.05, 4.69) is 19.2 Å². The van der Waals surface area contributed by atoms with Crippen LogP contribution in [0.5, 0.6) is 11.5 Å². The summed E-state index contributed by atoms with van der Waals surface area (Å²) < 4.78 is 10.6. The zero-order chi connectivity index (χ0) is 17.2. The molecule has 24 heavy (non-hydrogen) atoms. The molecule has 0 saturated heterocycles. The molecule has 0 atom stereocenters. The summed E-state index contributed by atoms with van der Waals surface area (Å²) in [6.45, 7) is 6.49. The van der Waals surface area contributed by atoms with Gasteiger partial charge in [0.05, 0.1) is 14.2 Å². The van der Waals surface area contributed by atoms with Crippen molar-refractivity contribution in [2.45, 2.75) is 26.7 Å². The number of hydrogen-bond donors (Lipinski definition) is 1. The van der Waals surface area contributed by atoms with Crippen molar-refractivity contribution in [1.82, 2.24) is 10.2 Å². The molecule has 0 spiro atoms. The van der Waals surface area contributed by atoms with Gasteiger partial charge in [-0.15, -0.1) is 12.4 Å². The summed E-state index contributed by atoms with van der Waals surface area (Å²) >= 11 is 0. The Morgan fingerprint density at radius 2 is 1.88 bits per heavy atom. The highest BCUT2D eigenvalue weighted by molar-refractivity contribution is 5.85. The first-order valence-electron chi connectivity index (χ1n) is 8.15. The minimum absolute atomic E-state index is 0. The first-order chi connectivity index (χ1) is 11.0. The number of nitrogens with zero attached hydrogens (tertiary/aromatic N) is 1. The third-order valence-corrected chi connectivity index (χ3v) is 3.65. The average Bonchev–Trinajstić information content (AvgIpc) is 2.55. The summed E-state index contributed by atoms with van der Waals surface area (Å²) in [5, 5.41) is 3.03. The minimum Gasteiger partial charge on any atom is -0.493 e. The number of carbonyl (C=O) groups is 1. The monoisotopic (exact) mass is 358 g/mol. The van der Waals surface area contributed by atoms with E-state index in [1.165, 1.54) is 0 Å². The maximum Gasteiger partial charge on any atom is 0.223 e. The smallest absolute Gasteiger partial charge is 0.223 e. The third-order valence-electron chi connectivity index (χ3n) is 3.65. The summed E-state index contributed by atoms with van der Waals surface area (Å²) in [4.78, 5) is 14.3. The third kappa shape index (κ3) is 7.41. The molecule has 1 amide bonds. The van der Waals surface area contributed by atoms with Crippen LogP contribution in [0.3, 0.4) is 0 Å². The van der Waals surface area contributed by atoms with Gasteiger partial charge >= 0.3 is 0 Å². The Bertz CT molecular complexity index is 495. The highest BCUT2D eigenvalue weighted by Gasteiger charge is 2.15. The van der Waals surface area contributed by atoms with Crippen LogP contribution in [0.25, 0.3) is 0 Å². The summed E-state index contributed by atoms with van der Waals surface area (Å²) in [7, 11) is 5.13. The van der Waals surface area contributed by atoms with E-state index in [4.69, 9.17) is 9.47 Å². The number of halogens is 1. The molecule has 0 heterocycles. The van der Waals surface area contributed by atoms with Gasteiger partial charge in [-0.3, -0.25) is 4.79 Å². The van der Waals surface area contributed by atoms with Crippen molar-refractivity contribution in [3.63, 3.8) is 0 Å². The maximum absolute atomic E-state index is 12.3. The van der Waals surface area contributed by atoms with Crippen molar-refractivity contribution in [2.24, 2.45) is 5.92 Å². The van der Waals surface area contributed by atoms with Crippen molar-refractivity contribution in [1.29, 1.82) is 0 Å². The van der Waals surface area contributed by atoms with Gasteiger partial charge in [-0.05, 0) is 37.1 Å². The fraction of sp³-hybridized carbons (Fsp3) is 0.611. The van der Waals surface area contributed by atoms with Crippen molar-refractivity contribution in [2.75, 3.05) is 40.9 Å². The summed E-state index contributed by atoms with van der Waals surface area (Å²) in [5.74, 6) is 2.11. The van der Waals surface area contributed by atoms with Gasteiger partial charge in [0.15, 0.2) is 11.5 Å². The van der Waals surface area contributed by atoms with Gasteiger partial charge < -0.3 is 19.7 Å². The lowest BCUT2D eigenvalue weighted by molar-refractivity contribution is -0.131. The van der Waals surface area contributed by atoms with E-state index in [1.54, 1.807) is 14.2 Å². The lowest BCUT2D eigenvalue weighted by atomic mass is 10.1. The molecule has 0 aliphatic heterocycles. The van der Waals surface area contributed by atoms with Crippen LogP contribution < -0.4 is 14.8 Å². The normalized spacial score (nSPS) is 10.2. The van der Waals surface area contributed by atoms with Crippen LogP contribution in [-0.2, 0) is 11.2 Å². The molecule has 6 heteroatoms. The number of methoxy groups -OCH3 is 2. The van der Waals surface area contributed by atoms with Gasteiger partial charge in [0.25, 0.3) is 0 Å². The van der Waals surface area contributed by atoms with Crippen molar-refractivity contribution < 1.29 is 14.3 Å². The first-order valence-corrected chi connectivity index (χ1v) is 8.15. The second-order valence-corrected chi connectivity index (χ2v) is 6.03. The molecule has 0 radical (unpaired) electrons. The van der Waals surface area contributed by atoms with Crippen molar-refractivity contribution in [3.8, 4) is 11.5 Å². The predicted molar refractivity (Wildman–Crippen MR) is 100 cm³/mol. The Morgan fingerprint density at radius 1 is 1.21 bits per heavy atom. The average molecular weight is 359 g/mol. The first kappa shape index (κ1) is 22.5. The molecule has 0 unspecified atom stereocenters. The SMILES string of the molecule is CNCCC(=O)N(CCc1ccc(OC)c(OC)c1)CC(C)C.Cl. The topological polar surface area (TPSA) is 50.8 Å². The van der Waals surface area contributed by atoms with Crippen LogP contribution >= 0.6 is 12.4 Å². The van der Waals surface area contributed by atoms with Gasteiger partial charge in [0.1, 0.15) is 0 Å². The molecule has 5 nitrogen and oxygen atoms in total. The largest absolute Gasteiger partial charge is 0.493 e. The molecule has 0 saturated carbocycles. The number of ether oxygens (including phenoxy) is 2. The number of rotatable bonds is 10. The fourth-order valence-electron chi connectivity index (χ4n) is 2.45. The van der Waals surface area contributed by atoms with Crippen LogP contribution in [0.2, 0.25) is 0 Å². The van der Waals surface area contributed by atoms with Crippen molar-refractivity contribution >= 4 is 18.3 Å². The van der Waals surface area contributed by atoms with Crippen LogP contribution in [0, 0.1) is 5.92 Å². The minimum atomic E-state index is 0. The number of nitrogens with one attached hydrogen (secondary N) is 1. The molecular formula is C18H31ClN2O3. The summed E-state index contributed by atoms with van der Waals surface area (Å²) in [6.07, 6.45) is 1.34. The van der Waals surface area contributed by atoms with E-state index in [0.717, 1.165) is 36.6 Å². The van der Waals surface area contributed by atoms with Crippen molar-refractivity contribution in [3.05, 3.63) is 23.8 Å². The molecule has 0 bridgehead atoms. The van der Waals surface area contributed by atoms with E-state index < -0.39 is 0 Å². The molecule has 138 valence electrons. The zero-order valence-electron chi connectivity index (χ0n) is 15.4. The Kier molecular flexibility index (Phi) is 11.3. The van der Waals surface area contributed by atoms with Crippen LogP contribution in [0.1, 0.15) is 25.8 Å². The lowest BCUT2D eigenvalue weighted by Gasteiger charge is -2.25. The molecule has 0 fully saturated rings. The standard InChI is InChI=1S/C18H30N2O3.ClH/c1-14(2)13-20(18(21)8-10-19-3)11-9-15-6-7-16(22-4)17(12-15)23-5;/h6-7,12,14,19H,8-11,13H2,1-5H3;1H. The molecule has 1 N–H and O–H groups in total. The second kappa shape index (κ2) is 12.0. The van der Waals surface area contributed by atoms with Gasteiger partial charge in [0, 0.05) is 26.1 Å². The molecule has 1 aromatic carbocycles. The molecule has 1 aromatic rings. The summed E-state index contributed by atoms with van der Waals surface area (Å²) in [6, 6.07) is 5.90. The fourth-order valence-corrected chi connectivity index (χ4v) is 2.45.